The summed E-state index contributed by atoms with van der Waals surface area (Å²) in [5.41, 5.74) is 0.796. The second-order valence-electron chi connectivity index (χ2n) is 2.53. The second kappa shape index (κ2) is 2.41. The third-order valence-electron chi connectivity index (χ3n) is 1.71. The van der Waals surface area contributed by atoms with Crippen LogP contribution in [0.1, 0.15) is 0 Å². The van der Waals surface area contributed by atoms with Crippen molar-refractivity contribution >= 4 is 18.0 Å². The molecule has 0 radical (unpaired) electrons. The molecule has 4 heteroatoms. The Balaban J connectivity index is 2.33. The van der Waals surface area contributed by atoms with Crippen molar-refractivity contribution in [3.05, 3.63) is 23.9 Å². The maximum Gasteiger partial charge on any atom is 0.315 e. The normalized spacial score (nSPS) is 24.8. The Morgan fingerprint density at radius 1 is 1.58 bits per heavy atom. The van der Waals surface area contributed by atoms with Gasteiger partial charge < -0.3 is 5.11 Å². The number of aliphatic imine (C=N–C) groups is 2. The van der Waals surface area contributed by atoms with Gasteiger partial charge in [-0.15, -0.1) is 0 Å². The number of amidine groups is 1. The lowest BCUT2D eigenvalue weighted by Crippen LogP contribution is -2.17. The van der Waals surface area contributed by atoms with Crippen molar-refractivity contribution in [3.8, 4) is 0 Å². The van der Waals surface area contributed by atoms with Gasteiger partial charge in [0.05, 0.1) is 0 Å². The van der Waals surface area contributed by atoms with Crippen molar-refractivity contribution in [2.24, 2.45) is 15.9 Å². The Morgan fingerprint density at radius 2 is 2.42 bits per heavy atom. The quantitative estimate of drug-likeness (QED) is 0.614. The zero-order valence-electron chi connectivity index (χ0n) is 6.14. The van der Waals surface area contributed by atoms with Gasteiger partial charge in [-0.25, -0.2) is 9.98 Å². The Labute approximate surface area is 68.6 Å². The molecule has 2 rings (SSSR count). The predicted molar refractivity (Wildman–Crippen MR) is 44.3 cm³/mol. The largest absolute Gasteiger partial charge is 0.481 e. The average molecular weight is 162 g/mol. The summed E-state index contributed by atoms with van der Waals surface area (Å²) in [6.45, 7) is 0. The number of carboxylic acid groups (broad SMARTS) is 1. The van der Waals surface area contributed by atoms with Crippen LogP contribution in [0, 0.1) is 5.92 Å². The van der Waals surface area contributed by atoms with Gasteiger partial charge in [0.15, 0.2) is 5.84 Å². The number of rotatable bonds is 1. The minimum absolute atomic E-state index is 0.604. The van der Waals surface area contributed by atoms with E-state index in [9.17, 15) is 4.79 Å². The summed E-state index contributed by atoms with van der Waals surface area (Å²) in [4.78, 5) is 18.4. The van der Waals surface area contributed by atoms with Crippen LogP contribution in [0.3, 0.4) is 0 Å². The predicted octanol–water partition coefficient (Wildman–Crippen LogP) is 0.624. The number of hydrogen-bond donors (Lipinski definition) is 1. The Bertz CT molecular complexity index is 350. The smallest absolute Gasteiger partial charge is 0.315 e. The molecule has 4 nitrogen and oxygen atoms in total. The highest BCUT2D eigenvalue weighted by Crippen LogP contribution is 2.16. The van der Waals surface area contributed by atoms with Crippen molar-refractivity contribution in [3.63, 3.8) is 0 Å². The van der Waals surface area contributed by atoms with Gasteiger partial charge in [0.25, 0.3) is 0 Å². The van der Waals surface area contributed by atoms with Crippen molar-refractivity contribution in [1.29, 1.82) is 0 Å². The van der Waals surface area contributed by atoms with Crippen molar-refractivity contribution < 1.29 is 9.90 Å². The highest BCUT2D eigenvalue weighted by molar-refractivity contribution is 6.12. The van der Waals surface area contributed by atoms with Crippen molar-refractivity contribution in [2.75, 3.05) is 0 Å². The molecule has 0 unspecified atom stereocenters. The molecule has 0 spiro atoms. The molecule has 0 saturated carbocycles. The molecule has 0 saturated heterocycles. The topological polar surface area (TPSA) is 62.0 Å². The molecule has 2 heterocycles. The number of hydrogen-bond acceptors (Lipinski definition) is 3. The van der Waals surface area contributed by atoms with Gasteiger partial charge >= 0.3 is 5.97 Å². The molecule has 0 aromatic heterocycles. The number of carboxylic acids is 1. The molecular formula is C8H6N2O2. The lowest BCUT2D eigenvalue weighted by Gasteiger charge is -2.07. The zero-order valence-corrected chi connectivity index (χ0v) is 6.14. The maximum absolute atomic E-state index is 10.5. The molecule has 2 aliphatic heterocycles. The van der Waals surface area contributed by atoms with Gasteiger partial charge in [-0.3, -0.25) is 4.79 Å². The first-order valence-corrected chi connectivity index (χ1v) is 3.51. The van der Waals surface area contributed by atoms with E-state index in [-0.39, 0.29) is 0 Å². The van der Waals surface area contributed by atoms with E-state index in [1.807, 2.05) is 0 Å². The SMILES string of the molecule is O=C(O)[C@@H]1C=NC2=NC=CC2=C1. The van der Waals surface area contributed by atoms with Crippen molar-refractivity contribution in [2.45, 2.75) is 0 Å². The zero-order chi connectivity index (χ0) is 8.55. The van der Waals surface area contributed by atoms with E-state index in [4.69, 9.17) is 5.11 Å². The summed E-state index contributed by atoms with van der Waals surface area (Å²) in [6, 6.07) is 0. The van der Waals surface area contributed by atoms with Gasteiger partial charge in [0.1, 0.15) is 5.92 Å². The van der Waals surface area contributed by atoms with E-state index in [0.717, 1.165) is 5.57 Å². The molecule has 0 aliphatic carbocycles. The second-order valence-corrected chi connectivity index (χ2v) is 2.53. The number of nitrogens with zero attached hydrogens (tertiary/aromatic N) is 2. The highest BCUT2D eigenvalue weighted by atomic mass is 16.4. The fourth-order valence-corrected chi connectivity index (χ4v) is 1.10. The molecule has 0 aromatic rings. The van der Waals surface area contributed by atoms with Gasteiger partial charge in [-0.2, -0.15) is 0 Å². The molecule has 1 atom stereocenters. The minimum Gasteiger partial charge on any atom is -0.481 e. The van der Waals surface area contributed by atoms with Gasteiger partial charge in [-0.05, 0) is 6.08 Å². The van der Waals surface area contributed by atoms with E-state index in [2.05, 4.69) is 9.98 Å². The summed E-state index contributed by atoms with van der Waals surface area (Å²) in [7, 11) is 0. The van der Waals surface area contributed by atoms with Gasteiger partial charge in [-0.1, -0.05) is 6.08 Å². The van der Waals surface area contributed by atoms with Crippen LogP contribution in [-0.2, 0) is 4.79 Å². The van der Waals surface area contributed by atoms with Gasteiger partial charge in [0.2, 0.25) is 0 Å². The van der Waals surface area contributed by atoms with E-state index in [1.165, 1.54) is 6.21 Å². The monoisotopic (exact) mass is 162 g/mol. The van der Waals surface area contributed by atoms with E-state index >= 15 is 0 Å². The van der Waals surface area contributed by atoms with Crippen LogP contribution in [0.15, 0.2) is 33.9 Å². The molecule has 1 N–H and O–H groups in total. The first-order chi connectivity index (χ1) is 5.77. The van der Waals surface area contributed by atoms with E-state index in [0.29, 0.717) is 5.84 Å². The number of aliphatic carboxylic acids is 1. The summed E-state index contributed by atoms with van der Waals surface area (Å²) in [6.07, 6.45) is 6.39. The Hall–Kier alpha value is -1.71. The molecule has 12 heavy (non-hydrogen) atoms. The van der Waals surface area contributed by atoms with Crippen LogP contribution in [0.5, 0.6) is 0 Å². The fourth-order valence-electron chi connectivity index (χ4n) is 1.10. The first-order valence-electron chi connectivity index (χ1n) is 3.51. The van der Waals surface area contributed by atoms with Crippen LogP contribution in [0.4, 0.5) is 0 Å². The third-order valence-corrected chi connectivity index (χ3v) is 1.71. The third kappa shape index (κ3) is 0.972. The first kappa shape index (κ1) is 6.97. The van der Waals surface area contributed by atoms with E-state index < -0.39 is 11.9 Å². The molecule has 0 aromatic carbocycles. The molecule has 2 aliphatic rings. The average Bonchev–Trinajstić information content (AvgIpc) is 2.49. The van der Waals surface area contributed by atoms with Crippen LogP contribution >= 0.6 is 0 Å². The van der Waals surface area contributed by atoms with Crippen molar-refractivity contribution in [1.82, 2.24) is 0 Å². The van der Waals surface area contributed by atoms with Crippen LogP contribution in [0.2, 0.25) is 0 Å². The Morgan fingerprint density at radius 3 is 3.17 bits per heavy atom. The fraction of sp³-hybridized carbons (Fsp3) is 0.125. The number of carbonyl (C=O) groups is 1. The number of dihydropyridines is 1. The maximum atomic E-state index is 10.5. The molecule has 0 bridgehead atoms. The summed E-state index contributed by atoms with van der Waals surface area (Å²) in [5, 5.41) is 8.66. The number of fused-ring (bicyclic) bond motifs is 1. The Kier molecular flexibility index (Phi) is 1.40. The molecular weight excluding hydrogens is 156 g/mol. The molecule has 0 fully saturated rings. The van der Waals surface area contributed by atoms with Gasteiger partial charge in [0, 0.05) is 18.0 Å². The summed E-state index contributed by atoms with van der Waals surface area (Å²) in [5.74, 6) is -0.889. The van der Waals surface area contributed by atoms with Crippen LogP contribution in [0.25, 0.3) is 0 Å². The molecule has 0 amide bonds. The van der Waals surface area contributed by atoms with Crippen LogP contribution < -0.4 is 0 Å². The van der Waals surface area contributed by atoms with Crippen LogP contribution in [-0.4, -0.2) is 23.1 Å². The standard InChI is InChI=1S/C8H6N2O2/c11-8(12)6-3-5-1-2-9-7(5)10-4-6/h1-4,6H,(H,11,12)/t6-/m0/s1. The lowest BCUT2D eigenvalue weighted by molar-refractivity contribution is -0.137. The lowest BCUT2D eigenvalue weighted by atomic mass is 10.0. The van der Waals surface area contributed by atoms with E-state index in [1.54, 1.807) is 18.4 Å². The summed E-state index contributed by atoms with van der Waals surface area (Å²) >= 11 is 0. The minimum atomic E-state index is -0.884. The molecule has 60 valence electrons. The highest BCUT2D eigenvalue weighted by Gasteiger charge is 2.20. The summed E-state index contributed by atoms with van der Waals surface area (Å²) < 4.78 is 0.